The van der Waals surface area contributed by atoms with Gasteiger partial charge in [0.05, 0.1) is 35.8 Å². The van der Waals surface area contributed by atoms with Gasteiger partial charge >= 0.3 is 0 Å². The van der Waals surface area contributed by atoms with Crippen LogP contribution < -0.4 is 4.90 Å². The lowest BCUT2D eigenvalue weighted by Gasteiger charge is -2.28. The minimum Gasteiger partial charge on any atom is -0.455 e. The number of hydrogen-bond donors (Lipinski definition) is 0. The van der Waals surface area contributed by atoms with Gasteiger partial charge in [-0.25, -0.2) is 0 Å². The fraction of sp³-hybridized carbons (Fsp3) is 0. The van der Waals surface area contributed by atoms with Gasteiger partial charge in [0.2, 0.25) is 0 Å². The highest BCUT2D eigenvalue weighted by atomic mass is 16.3. The number of fused-ring (bicyclic) bond motifs is 7. The van der Waals surface area contributed by atoms with E-state index in [0.717, 1.165) is 21.1 Å². The highest BCUT2D eigenvalue weighted by Gasteiger charge is 2.21. The van der Waals surface area contributed by atoms with Crippen LogP contribution in [0.5, 0.6) is 0 Å². The topological polar surface area (TPSA) is 16.4 Å². The van der Waals surface area contributed by atoms with Gasteiger partial charge in [0.25, 0.3) is 0 Å². The molecule has 2 heteroatoms. The van der Waals surface area contributed by atoms with Crippen molar-refractivity contribution in [3.8, 4) is 33.4 Å². The summed E-state index contributed by atoms with van der Waals surface area (Å²) in [6, 6.07) is 4.31. The van der Waals surface area contributed by atoms with E-state index in [1.807, 2.05) is 42.5 Å². The van der Waals surface area contributed by atoms with Crippen LogP contribution in [-0.2, 0) is 0 Å². The van der Waals surface area contributed by atoms with Gasteiger partial charge in [-0.05, 0) is 85.5 Å². The first-order valence-electron chi connectivity index (χ1n) is 28.4. The first-order valence-corrected chi connectivity index (χ1v) is 17.4. The fourth-order valence-electron chi connectivity index (χ4n) is 7.07. The molecule has 0 amide bonds. The van der Waals surface area contributed by atoms with Gasteiger partial charge in [0.1, 0.15) is 11.2 Å². The molecule has 0 fully saturated rings. The van der Waals surface area contributed by atoms with Crippen molar-refractivity contribution in [2.45, 2.75) is 0 Å². The maximum absolute atomic E-state index is 9.82. The van der Waals surface area contributed by atoms with Gasteiger partial charge in [-0.2, -0.15) is 0 Å². The van der Waals surface area contributed by atoms with Crippen LogP contribution in [0.15, 0.2) is 216 Å². The second-order valence-corrected chi connectivity index (χ2v) is 12.7. The molecule has 0 aliphatic rings. The maximum Gasteiger partial charge on any atom is 0.143 e. The average molecular weight is 736 g/mol. The molecule has 1 heterocycles. The molecule has 56 heavy (non-hydrogen) atoms. The largest absolute Gasteiger partial charge is 0.455 e. The summed E-state index contributed by atoms with van der Waals surface area (Å²) in [4.78, 5) is 0.977. The molecule has 1 aromatic heterocycles. The number of para-hydroxylation sites is 2. The Morgan fingerprint density at radius 3 is 1.55 bits per heavy atom. The summed E-state index contributed by atoms with van der Waals surface area (Å²) in [5.74, 6) is 0. The van der Waals surface area contributed by atoms with Gasteiger partial charge in [0.15, 0.2) is 0 Å². The van der Waals surface area contributed by atoms with Crippen LogP contribution in [0.25, 0.3) is 87.6 Å². The van der Waals surface area contributed by atoms with Crippen molar-refractivity contribution in [3.63, 3.8) is 0 Å². The van der Waals surface area contributed by atoms with Crippen molar-refractivity contribution in [3.05, 3.63) is 212 Å². The van der Waals surface area contributed by atoms with E-state index in [9.17, 15) is 11.0 Å². The maximum atomic E-state index is 9.82. The van der Waals surface area contributed by atoms with Crippen LogP contribution in [0.3, 0.4) is 0 Å². The summed E-state index contributed by atoms with van der Waals surface area (Å²) < 4.78 is 206. The van der Waals surface area contributed by atoms with Gasteiger partial charge in [-0.3, -0.25) is 0 Å². The molecule has 10 aromatic carbocycles. The summed E-state index contributed by atoms with van der Waals surface area (Å²) in [6.07, 6.45) is 0. The van der Waals surface area contributed by atoms with Gasteiger partial charge in [-0.15, -0.1) is 0 Å². The molecule has 0 spiro atoms. The van der Waals surface area contributed by atoms with Crippen LogP contribution in [0.1, 0.15) is 30.2 Å². The Bertz CT molecular complexity index is 4290. The molecule has 11 rings (SSSR count). The summed E-state index contributed by atoms with van der Waals surface area (Å²) >= 11 is 0. The number of hydrogen-bond acceptors (Lipinski definition) is 2. The van der Waals surface area contributed by atoms with Crippen LogP contribution in [-0.4, -0.2) is 0 Å². The molecule has 0 radical (unpaired) electrons. The number of benzene rings is 10. The van der Waals surface area contributed by atoms with E-state index in [1.54, 1.807) is 24.3 Å². The molecular formula is C54H35NO. The van der Waals surface area contributed by atoms with E-state index in [1.165, 1.54) is 12.1 Å². The zero-order valence-electron chi connectivity index (χ0n) is 50.9. The zero-order chi connectivity index (χ0) is 56.1. The number of nitrogens with zero attached hydrogens (tertiary/aromatic N) is 1. The average Bonchev–Trinajstić information content (AvgIpc) is 3.79. The van der Waals surface area contributed by atoms with E-state index in [2.05, 4.69) is 0 Å². The van der Waals surface area contributed by atoms with Crippen molar-refractivity contribution in [1.29, 1.82) is 0 Å². The lowest BCUT2D eigenvalue weighted by molar-refractivity contribution is 0.674. The zero-order valence-corrected chi connectivity index (χ0v) is 28.9. The third-order valence-corrected chi connectivity index (χ3v) is 9.62. The minimum atomic E-state index is -0.941. The lowest BCUT2D eigenvalue weighted by Crippen LogP contribution is -2.11. The smallest absolute Gasteiger partial charge is 0.143 e. The summed E-state index contributed by atoms with van der Waals surface area (Å²) in [5, 5.41) is 1.00. The van der Waals surface area contributed by atoms with E-state index in [0.29, 0.717) is 22.1 Å². The first-order chi connectivity index (χ1) is 37.0. The second-order valence-electron chi connectivity index (χ2n) is 12.7. The lowest BCUT2D eigenvalue weighted by atomic mass is 9.96. The second kappa shape index (κ2) is 13.2. The molecule has 2 nitrogen and oxygen atoms in total. The Morgan fingerprint density at radius 2 is 0.875 bits per heavy atom. The van der Waals surface area contributed by atoms with Gasteiger partial charge in [-0.1, -0.05) is 175 Å². The predicted molar refractivity (Wildman–Crippen MR) is 237 cm³/mol. The Kier molecular flexibility index (Phi) is 3.98. The molecule has 0 saturated heterocycles. The minimum absolute atomic E-state index is 0.0714. The Hall–Kier alpha value is -7.42. The normalized spacial score (nSPS) is 17.1. The number of furan rings is 1. The molecule has 0 atom stereocenters. The van der Waals surface area contributed by atoms with E-state index in [-0.39, 0.29) is 11.3 Å². The third kappa shape index (κ3) is 5.26. The van der Waals surface area contributed by atoms with Crippen molar-refractivity contribution in [2.75, 3.05) is 4.90 Å². The van der Waals surface area contributed by atoms with Crippen molar-refractivity contribution in [1.82, 2.24) is 0 Å². The van der Waals surface area contributed by atoms with Crippen LogP contribution in [0.2, 0.25) is 0 Å². The van der Waals surface area contributed by atoms with Crippen LogP contribution >= 0.6 is 0 Å². The van der Waals surface area contributed by atoms with E-state index < -0.39 is 188 Å². The number of anilines is 3. The number of rotatable bonds is 6. The van der Waals surface area contributed by atoms with Crippen LogP contribution in [0, 0.1) is 0 Å². The van der Waals surface area contributed by atoms with Crippen LogP contribution in [0.4, 0.5) is 17.1 Å². The Balaban J connectivity index is 1.27. The molecule has 0 saturated carbocycles. The quantitative estimate of drug-likeness (QED) is 0.169. The van der Waals surface area contributed by atoms with Gasteiger partial charge < -0.3 is 9.32 Å². The third-order valence-electron chi connectivity index (χ3n) is 9.62. The van der Waals surface area contributed by atoms with E-state index in [4.69, 9.17) is 23.6 Å². The fourth-order valence-corrected chi connectivity index (χ4v) is 7.07. The van der Waals surface area contributed by atoms with Gasteiger partial charge in [0, 0.05) is 38.7 Å². The Morgan fingerprint density at radius 1 is 0.339 bits per heavy atom. The molecule has 0 N–H and O–H groups in total. The van der Waals surface area contributed by atoms with Crippen molar-refractivity contribution in [2.24, 2.45) is 0 Å². The van der Waals surface area contributed by atoms with Crippen molar-refractivity contribution < 1.29 is 34.6 Å². The molecule has 0 aliphatic carbocycles. The summed E-state index contributed by atoms with van der Waals surface area (Å²) in [7, 11) is 0. The first kappa shape index (κ1) is 16.9. The van der Waals surface area contributed by atoms with E-state index >= 15 is 0 Å². The highest BCUT2D eigenvalue weighted by Crippen LogP contribution is 2.46. The standard InChI is InChI=1S/C54H35NO/c1-4-17-43-36(12-1)15-9-21-45(43)39-26-31-41(32-27-39)55(42-33-28-40(29-34-42)46-22-10-16-37-13-2-5-18-44(37)46)52-25-8-7-20-48(52)49-23-11-24-50-51-35-30-38-14-3-6-19-47(38)53(51)56-54(49)50/h1-35H/i1D,2D,4D,5D,9D,10D,12D,13D,15D,16D,17D,18D,21D,22D,26D,27D,28D,29D,31D,32D,33D,34D. The predicted octanol–water partition coefficient (Wildman–Crippen LogP) is 15.5. The molecule has 0 unspecified atom stereocenters. The van der Waals surface area contributed by atoms with Crippen molar-refractivity contribution >= 4 is 71.3 Å². The molecule has 0 bridgehead atoms. The summed E-state index contributed by atoms with van der Waals surface area (Å²) in [6.45, 7) is 0. The SMILES string of the molecule is [2H]c1c([2H])c(N(c2ccccc2-c2cccc3c2oc2c4ccccc4ccc32)c2c([2H])c([2H])c(-c3c([2H])c([2H])c([2H])c4c([2H])c([2H])c([2H])c([2H])c34)c([2H])c2[2H])c([2H])c([2H])c1-c1c([2H])c([2H])c([2H])c2c([2H])c([2H])c([2H])c([2H])c12. The molecule has 0 aliphatic heterocycles. The molecular weight excluding hydrogens is 679 g/mol. The monoisotopic (exact) mass is 735 g/mol. The summed E-state index contributed by atoms with van der Waals surface area (Å²) in [5.41, 5.74) is -2.62. The molecule has 262 valence electrons. The highest BCUT2D eigenvalue weighted by molar-refractivity contribution is 6.17. The Labute approximate surface area is 356 Å². The molecule has 11 aromatic rings.